The van der Waals surface area contributed by atoms with E-state index < -0.39 is 0 Å². The molecule has 2 N–H and O–H groups in total. The smallest absolute Gasteiger partial charge is 0.251 e. The molecular weight excluding hydrogens is 416 g/mol. The lowest BCUT2D eigenvalue weighted by Gasteiger charge is -2.18. The van der Waals surface area contributed by atoms with Gasteiger partial charge in [-0.3, -0.25) is 9.59 Å². The Morgan fingerprint density at radius 2 is 1.21 bits per heavy atom. The van der Waals surface area contributed by atoms with E-state index in [4.69, 9.17) is 0 Å². The first-order valence-corrected chi connectivity index (χ1v) is 9.86. The minimum Gasteiger partial charge on any atom is -0.354 e. The number of carbonyl (C=O) groups excluding carboxylic acids is 2. The van der Waals surface area contributed by atoms with Crippen LogP contribution in [0.3, 0.4) is 0 Å². The highest BCUT2D eigenvalue weighted by Gasteiger charge is 2.22. The van der Waals surface area contributed by atoms with Crippen molar-refractivity contribution in [2.45, 2.75) is 5.92 Å². The Balaban J connectivity index is 1.58. The van der Waals surface area contributed by atoms with Crippen molar-refractivity contribution in [2.24, 2.45) is 0 Å². The van der Waals surface area contributed by atoms with Crippen molar-refractivity contribution in [1.82, 2.24) is 10.6 Å². The summed E-state index contributed by atoms with van der Waals surface area (Å²) in [5, 5.41) is 5.76. The molecule has 3 aromatic rings. The fourth-order valence-corrected chi connectivity index (χ4v) is 3.22. The molecule has 0 aliphatic heterocycles. The quantitative estimate of drug-likeness (QED) is 0.547. The zero-order chi connectivity index (χ0) is 19.8. The van der Waals surface area contributed by atoms with E-state index in [2.05, 4.69) is 26.6 Å². The Bertz CT molecular complexity index is 873. The first-order valence-electron chi connectivity index (χ1n) is 9.06. The lowest BCUT2D eigenvalue weighted by molar-refractivity contribution is -0.121. The Kier molecular flexibility index (Phi) is 6.98. The van der Waals surface area contributed by atoms with Crippen LogP contribution < -0.4 is 10.6 Å². The highest BCUT2D eigenvalue weighted by Crippen LogP contribution is 2.24. The van der Waals surface area contributed by atoms with E-state index in [-0.39, 0.29) is 17.7 Å². The van der Waals surface area contributed by atoms with Crippen molar-refractivity contribution >= 4 is 27.7 Å². The molecule has 28 heavy (non-hydrogen) atoms. The summed E-state index contributed by atoms with van der Waals surface area (Å²) in [7, 11) is 0. The zero-order valence-electron chi connectivity index (χ0n) is 15.3. The molecule has 0 heterocycles. The number of carbonyl (C=O) groups is 2. The summed E-state index contributed by atoms with van der Waals surface area (Å²) < 4.78 is 0.921. The van der Waals surface area contributed by atoms with E-state index in [9.17, 15) is 9.59 Å². The van der Waals surface area contributed by atoms with E-state index >= 15 is 0 Å². The number of benzene rings is 3. The molecule has 142 valence electrons. The average Bonchev–Trinajstić information content (AvgIpc) is 2.73. The van der Waals surface area contributed by atoms with Crippen LogP contribution in [-0.4, -0.2) is 24.9 Å². The molecule has 5 heteroatoms. The van der Waals surface area contributed by atoms with Crippen molar-refractivity contribution < 1.29 is 9.59 Å². The Morgan fingerprint density at radius 1 is 0.714 bits per heavy atom. The number of nitrogens with one attached hydrogen (secondary N) is 2. The topological polar surface area (TPSA) is 58.2 Å². The Labute approximate surface area is 173 Å². The summed E-state index contributed by atoms with van der Waals surface area (Å²) in [6, 6.07) is 26.5. The molecule has 0 saturated carbocycles. The van der Waals surface area contributed by atoms with Gasteiger partial charge in [-0.25, -0.2) is 0 Å². The minimum atomic E-state index is -0.385. The molecule has 4 nitrogen and oxygen atoms in total. The lowest BCUT2D eigenvalue weighted by atomic mass is 9.90. The molecular formula is C23H21BrN2O2. The minimum absolute atomic E-state index is 0.0877. The van der Waals surface area contributed by atoms with Crippen LogP contribution in [0.25, 0.3) is 0 Å². The molecule has 2 amide bonds. The van der Waals surface area contributed by atoms with Gasteiger partial charge < -0.3 is 10.6 Å². The summed E-state index contributed by atoms with van der Waals surface area (Å²) in [4.78, 5) is 25.0. The third kappa shape index (κ3) is 5.30. The number of hydrogen-bond donors (Lipinski definition) is 2. The summed E-state index contributed by atoms with van der Waals surface area (Å²) in [6.07, 6.45) is 0. The van der Waals surface area contributed by atoms with Crippen LogP contribution in [0.2, 0.25) is 0 Å². The van der Waals surface area contributed by atoms with E-state index in [1.54, 1.807) is 12.1 Å². The largest absolute Gasteiger partial charge is 0.354 e. The van der Waals surface area contributed by atoms with Crippen LogP contribution in [0.1, 0.15) is 27.4 Å². The summed E-state index contributed by atoms with van der Waals surface area (Å²) in [5.74, 6) is -0.635. The SMILES string of the molecule is O=C(NCCNC(=O)C(c1ccccc1)c1ccccc1)c1ccc(Br)cc1. The standard InChI is InChI=1S/C23H21BrN2O2/c24-20-13-11-19(12-14-20)22(27)25-15-16-26-23(28)21(17-7-3-1-4-8-17)18-9-5-2-6-10-18/h1-14,21H,15-16H2,(H,25,27)(H,26,28). The monoisotopic (exact) mass is 436 g/mol. The second kappa shape index (κ2) is 9.85. The molecule has 0 saturated heterocycles. The van der Waals surface area contributed by atoms with Crippen LogP contribution >= 0.6 is 15.9 Å². The third-order valence-electron chi connectivity index (χ3n) is 4.34. The maximum absolute atomic E-state index is 12.9. The van der Waals surface area contributed by atoms with Crippen molar-refractivity contribution in [3.8, 4) is 0 Å². The molecule has 0 aliphatic carbocycles. The molecule has 0 spiro atoms. The van der Waals surface area contributed by atoms with Gasteiger partial charge in [0.05, 0.1) is 5.92 Å². The van der Waals surface area contributed by atoms with Crippen LogP contribution in [0.4, 0.5) is 0 Å². The lowest BCUT2D eigenvalue weighted by Crippen LogP contribution is -2.37. The average molecular weight is 437 g/mol. The third-order valence-corrected chi connectivity index (χ3v) is 4.87. The van der Waals surface area contributed by atoms with Crippen LogP contribution in [-0.2, 0) is 4.79 Å². The first kappa shape index (κ1) is 19.8. The number of hydrogen-bond acceptors (Lipinski definition) is 2. The summed E-state index contributed by atoms with van der Waals surface area (Å²) in [6.45, 7) is 0.716. The molecule has 3 aromatic carbocycles. The molecule has 0 bridgehead atoms. The van der Waals surface area contributed by atoms with Gasteiger partial charge >= 0.3 is 0 Å². The van der Waals surface area contributed by atoms with Crippen molar-refractivity contribution in [3.63, 3.8) is 0 Å². The van der Waals surface area contributed by atoms with Gasteiger partial charge in [-0.15, -0.1) is 0 Å². The molecule has 3 rings (SSSR count). The van der Waals surface area contributed by atoms with Crippen LogP contribution in [0.15, 0.2) is 89.4 Å². The molecule has 0 atom stereocenters. The second-order valence-corrected chi connectivity index (χ2v) is 7.22. The number of amides is 2. The highest BCUT2D eigenvalue weighted by molar-refractivity contribution is 9.10. The van der Waals surface area contributed by atoms with Crippen molar-refractivity contribution in [3.05, 3.63) is 106 Å². The van der Waals surface area contributed by atoms with Gasteiger partial charge in [0.2, 0.25) is 5.91 Å². The fraction of sp³-hybridized carbons (Fsp3) is 0.130. The van der Waals surface area contributed by atoms with E-state index in [0.717, 1.165) is 15.6 Å². The fourth-order valence-electron chi connectivity index (χ4n) is 2.95. The van der Waals surface area contributed by atoms with Gasteiger partial charge in [-0.1, -0.05) is 76.6 Å². The Hall–Kier alpha value is -2.92. The normalized spacial score (nSPS) is 10.5. The predicted octanol–water partition coefficient (Wildman–Crippen LogP) is 4.13. The van der Waals surface area contributed by atoms with E-state index in [1.807, 2.05) is 72.8 Å². The maximum atomic E-state index is 12.9. The van der Waals surface area contributed by atoms with Gasteiger partial charge in [-0.05, 0) is 35.4 Å². The van der Waals surface area contributed by atoms with Gasteiger partial charge in [0, 0.05) is 23.1 Å². The van der Waals surface area contributed by atoms with E-state index in [1.165, 1.54) is 0 Å². The van der Waals surface area contributed by atoms with Crippen molar-refractivity contribution in [1.29, 1.82) is 0 Å². The number of rotatable bonds is 7. The van der Waals surface area contributed by atoms with Gasteiger partial charge in [-0.2, -0.15) is 0 Å². The van der Waals surface area contributed by atoms with E-state index in [0.29, 0.717) is 18.7 Å². The van der Waals surface area contributed by atoms with Crippen LogP contribution in [0.5, 0.6) is 0 Å². The van der Waals surface area contributed by atoms with Gasteiger partial charge in [0.1, 0.15) is 0 Å². The predicted molar refractivity (Wildman–Crippen MR) is 114 cm³/mol. The molecule has 0 aliphatic rings. The first-order chi connectivity index (χ1) is 13.6. The second-order valence-electron chi connectivity index (χ2n) is 6.31. The summed E-state index contributed by atoms with van der Waals surface area (Å²) in [5.41, 5.74) is 2.45. The van der Waals surface area contributed by atoms with Gasteiger partial charge in [0.15, 0.2) is 0 Å². The van der Waals surface area contributed by atoms with Crippen LogP contribution in [0, 0.1) is 0 Å². The Morgan fingerprint density at radius 3 is 1.75 bits per heavy atom. The molecule has 0 unspecified atom stereocenters. The maximum Gasteiger partial charge on any atom is 0.251 e. The highest BCUT2D eigenvalue weighted by atomic mass is 79.9. The molecule has 0 fully saturated rings. The zero-order valence-corrected chi connectivity index (χ0v) is 16.9. The van der Waals surface area contributed by atoms with Gasteiger partial charge in [0.25, 0.3) is 5.91 Å². The summed E-state index contributed by atoms with van der Waals surface area (Å²) >= 11 is 3.35. The number of halogens is 1. The van der Waals surface area contributed by atoms with Crippen molar-refractivity contribution in [2.75, 3.05) is 13.1 Å². The molecule has 0 radical (unpaired) electrons. The molecule has 0 aromatic heterocycles.